The van der Waals surface area contributed by atoms with E-state index in [0.29, 0.717) is 12.1 Å². The van der Waals surface area contributed by atoms with Gasteiger partial charge in [0.1, 0.15) is 29.0 Å². The molecule has 1 aliphatic rings. The number of carbonyl (C=O) groups is 3. The molecule has 40 heavy (non-hydrogen) atoms. The van der Waals surface area contributed by atoms with Gasteiger partial charge in [-0.05, 0) is 63.9 Å². The largest absolute Gasteiger partial charge is 0.484 e. The Morgan fingerprint density at radius 1 is 1.02 bits per heavy atom. The van der Waals surface area contributed by atoms with Gasteiger partial charge in [-0.25, -0.2) is 13.6 Å². The van der Waals surface area contributed by atoms with E-state index in [1.165, 1.54) is 12.1 Å². The Balaban J connectivity index is 1.70. The molecule has 0 saturated carbocycles. The summed E-state index contributed by atoms with van der Waals surface area (Å²) in [6, 6.07) is 3.89. The highest BCUT2D eigenvalue weighted by molar-refractivity contribution is 6.30. The van der Waals surface area contributed by atoms with E-state index in [4.69, 9.17) is 21.1 Å². The van der Waals surface area contributed by atoms with Crippen LogP contribution >= 0.6 is 11.6 Å². The van der Waals surface area contributed by atoms with Crippen molar-refractivity contribution in [2.45, 2.75) is 57.5 Å². The highest BCUT2D eigenvalue weighted by Gasteiger charge is 2.39. The number of halogens is 6. The van der Waals surface area contributed by atoms with Crippen LogP contribution in [-0.2, 0) is 20.5 Å². The van der Waals surface area contributed by atoms with Crippen LogP contribution in [0.1, 0.15) is 39.2 Å². The highest BCUT2D eigenvalue weighted by atomic mass is 35.5. The van der Waals surface area contributed by atoms with Crippen LogP contribution in [0.25, 0.3) is 0 Å². The summed E-state index contributed by atoms with van der Waals surface area (Å²) in [5, 5.41) is 4.86. The highest BCUT2D eigenvalue weighted by Crippen LogP contribution is 2.33. The van der Waals surface area contributed by atoms with Gasteiger partial charge in [0.25, 0.3) is 5.91 Å². The number of anilines is 1. The van der Waals surface area contributed by atoms with E-state index in [1.54, 1.807) is 20.8 Å². The van der Waals surface area contributed by atoms with Crippen LogP contribution < -0.4 is 15.4 Å². The van der Waals surface area contributed by atoms with E-state index in [-0.39, 0.29) is 35.8 Å². The molecular formula is C26H27ClF5N3O5. The maximum atomic E-state index is 13.6. The van der Waals surface area contributed by atoms with Crippen LogP contribution in [0, 0.1) is 11.6 Å². The average molecular weight is 592 g/mol. The number of amides is 3. The third-order valence-corrected chi connectivity index (χ3v) is 5.98. The maximum absolute atomic E-state index is 13.6. The molecular weight excluding hydrogens is 565 g/mol. The quantitative estimate of drug-likeness (QED) is 0.430. The summed E-state index contributed by atoms with van der Waals surface area (Å²) >= 11 is 5.62. The first-order valence-electron chi connectivity index (χ1n) is 12.1. The van der Waals surface area contributed by atoms with E-state index in [9.17, 15) is 36.3 Å². The molecule has 1 saturated heterocycles. The topological polar surface area (TPSA) is 97.0 Å². The van der Waals surface area contributed by atoms with Gasteiger partial charge in [-0.2, -0.15) is 13.2 Å². The molecule has 0 spiro atoms. The van der Waals surface area contributed by atoms with Gasteiger partial charge >= 0.3 is 12.3 Å². The molecule has 2 aromatic rings. The molecule has 2 atom stereocenters. The Labute approximate surface area is 231 Å². The molecule has 0 radical (unpaired) electrons. The number of nitrogens with zero attached hydrogens (tertiary/aromatic N) is 1. The van der Waals surface area contributed by atoms with Crippen molar-refractivity contribution in [3.05, 3.63) is 58.6 Å². The van der Waals surface area contributed by atoms with Crippen LogP contribution in [-0.4, -0.2) is 53.6 Å². The summed E-state index contributed by atoms with van der Waals surface area (Å²) in [5.41, 5.74) is -2.80. The lowest BCUT2D eigenvalue weighted by Gasteiger charge is -2.39. The SMILES string of the molecule is CC(C)(C)OC(=O)N1CC(NC(=O)COc2ccc(Cl)c(F)c2)CC[C@H]1C(=O)Nc1ccc(F)c(C(F)(F)F)c1. The molecule has 1 aliphatic heterocycles. The Kier molecular flexibility index (Phi) is 9.49. The number of nitrogens with one attached hydrogen (secondary N) is 2. The molecule has 8 nitrogen and oxygen atoms in total. The van der Waals surface area contributed by atoms with Crippen molar-refractivity contribution in [1.29, 1.82) is 0 Å². The first kappa shape index (κ1) is 30.9. The van der Waals surface area contributed by atoms with Gasteiger partial charge in [0.2, 0.25) is 5.91 Å². The number of benzene rings is 2. The number of piperidine rings is 1. The normalized spacial score (nSPS) is 17.7. The third kappa shape index (κ3) is 8.44. The van der Waals surface area contributed by atoms with Crippen LogP contribution in [0.3, 0.4) is 0 Å². The summed E-state index contributed by atoms with van der Waals surface area (Å²) in [6.45, 7) is 4.19. The van der Waals surface area contributed by atoms with Gasteiger partial charge in [-0.1, -0.05) is 11.6 Å². The second kappa shape index (κ2) is 12.3. The summed E-state index contributed by atoms with van der Waals surface area (Å²) in [5.74, 6) is -3.55. The number of alkyl halides is 3. The van der Waals surface area contributed by atoms with Crippen molar-refractivity contribution in [2.75, 3.05) is 18.5 Å². The third-order valence-electron chi connectivity index (χ3n) is 5.68. The van der Waals surface area contributed by atoms with Crippen molar-refractivity contribution >= 4 is 35.2 Å². The Morgan fingerprint density at radius 3 is 2.35 bits per heavy atom. The zero-order valence-corrected chi connectivity index (χ0v) is 22.5. The minimum Gasteiger partial charge on any atom is -0.484 e. The number of hydrogen-bond donors (Lipinski definition) is 2. The van der Waals surface area contributed by atoms with Gasteiger partial charge < -0.3 is 20.1 Å². The fourth-order valence-corrected chi connectivity index (χ4v) is 4.03. The molecule has 0 aromatic heterocycles. The van der Waals surface area contributed by atoms with Crippen molar-refractivity contribution < 1.29 is 45.8 Å². The Morgan fingerprint density at radius 2 is 1.73 bits per heavy atom. The minimum absolute atomic E-state index is 0.0204. The van der Waals surface area contributed by atoms with E-state index in [1.807, 2.05) is 0 Å². The maximum Gasteiger partial charge on any atom is 0.419 e. The lowest BCUT2D eigenvalue weighted by atomic mass is 9.97. The summed E-state index contributed by atoms with van der Waals surface area (Å²) in [7, 11) is 0. The molecule has 3 amide bonds. The predicted octanol–water partition coefficient (Wildman–Crippen LogP) is 5.54. The van der Waals surface area contributed by atoms with Crippen molar-refractivity contribution in [3.63, 3.8) is 0 Å². The van der Waals surface area contributed by atoms with Crippen molar-refractivity contribution in [1.82, 2.24) is 10.2 Å². The molecule has 2 N–H and O–H groups in total. The zero-order chi connectivity index (χ0) is 29.8. The Hall–Kier alpha value is -3.61. The van der Waals surface area contributed by atoms with Crippen molar-refractivity contribution in [2.24, 2.45) is 0 Å². The van der Waals surface area contributed by atoms with E-state index >= 15 is 0 Å². The molecule has 0 aliphatic carbocycles. The van der Waals surface area contributed by atoms with E-state index in [0.717, 1.165) is 17.0 Å². The van der Waals surface area contributed by atoms with Gasteiger partial charge in [-0.3, -0.25) is 14.5 Å². The fourth-order valence-electron chi connectivity index (χ4n) is 3.91. The van der Waals surface area contributed by atoms with E-state index < -0.39 is 65.6 Å². The minimum atomic E-state index is -4.98. The number of likely N-dealkylation sites (tertiary alicyclic amines) is 1. The smallest absolute Gasteiger partial charge is 0.419 e. The lowest BCUT2D eigenvalue weighted by molar-refractivity contribution is -0.140. The lowest BCUT2D eigenvalue weighted by Crippen LogP contribution is -2.58. The summed E-state index contributed by atoms with van der Waals surface area (Å²) in [4.78, 5) is 39.5. The number of ether oxygens (including phenoxy) is 2. The molecule has 1 unspecified atom stereocenters. The van der Waals surface area contributed by atoms with Gasteiger partial charge in [0.15, 0.2) is 6.61 Å². The molecule has 14 heteroatoms. The molecule has 1 heterocycles. The standard InChI is InChI=1S/C26H27ClF5N3O5/c1-25(2,3)40-24(38)35-12-15(33-22(36)13-39-16-6-7-18(27)20(29)11-16)5-9-21(35)23(37)34-14-4-8-19(28)17(10-14)26(30,31)32/h4,6-8,10-11,15,21H,5,9,12-13H2,1-3H3,(H,33,36)(H,34,37)/t15?,21-/m0/s1. The molecule has 1 fully saturated rings. The van der Waals surface area contributed by atoms with Crippen LogP contribution in [0.4, 0.5) is 32.4 Å². The molecule has 0 bridgehead atoms. The monoisotopic (exact) mass is 591 g/mol. The predicted molar refractivity (Wildman–Crippen MR) is 135 cm³/mol. The van der Waals surface area contributed by atoms with Crippen molar-refractivity contribution in [3.8, 4) is 5.75 Å². The summed E-state index contributed by atoms with van der Waals surface area (Å²) in [6.07, 6.45) is -5.62. The molecule has 2 aromatic carbocycles. The number of rotatable bonds is 6. The zero-order valence-electron chi connectivity index (χ0n) is 21.7. The average Bonchev–Trinajstić information content (AvgIpc) is 2.84. The fraction of sp³-hybridized carbons (Fsp3) is 0.423. The first-order chi connectivity index (χ1) is 18.5. The number of carbonyl (C=O) groups excluding carboxylic acids is 3. The first-order valence-corrected chi connectivity index (χ1v) is 12.5. The van der Waals surface area contributed by atoms with Crippen LogP contribution in [0.5, 0.6) is 5.75 Å². The molecule has 218 valence electrons. The van der Waals surface area contributed by atoms with Gasteiger partial charge in [0, 0.05) is 24.3 Å². The second-order valence-electron chi connectivity index (χ2n) is 10.0. The summed E-state index contributed by atoms with van der Waals surface area (Å²) < 4.78 is 77.2. The molecule has 3 rings (SSSR count). The van der Waals surface area contributed by atoms with Gasteiger partial charge in [-0.15, -0.1) is 0 Å². The second-order valence-corrected chi connectivity index (χ2v) is 10.4. The van der Waals surface area contributed by atoms with Crippen LogP contribution in [0.2, 0.25) is 5.02 Å². The Bertz CT molecular complexity index is 1270. The number of hydrogen-bond acceptors (Lipinski definition) is 5. The van der Waals surface area contributed by atoms with Gasteiger partial charge in [0.05, 0.1) is 10.6 Å². The van der Waals surface area contributed by atoms with Crippen LogP contribution in [0.15, 0.2) is 36.4 Å². The van der Waals surface area contributed by atoms with E-state index in [2.05, 4.69) is 10.6 Å².